The van der Waals surface area contributed by atoms with Gasteiger partial charge in [-0.05, 0) is 38.8 Å². The molecule has 124 valence electrons. The number of carbonyl (C=O) groups excluding carboxylic acids is 1. The van der Waals surface area contributed by atoms with Gasteiger partial charge in [-0.25, -0.2) is 0 Å². The second-order valence-electron chi connectivity index (χ2n) is 6.48. The molecule has 0 aromatic rings. The predicted molar refractivity (Wildman–Crippen MR) is 91.9 cm³/mol. The van der Waals surface area contributed by atoms with E-state index in [9.17, 15) is 4.79 Å². The molecule has 4 nitrogen and oxygen atoms in total. The quantitative estimate of drug-likeness (QED) is 0.674. The van der Waals surface area contributed by atoms with Gasteiger partial charge in [0.25, 0.3) is 0 Å². The summed E-state index contributed by atoms with van der Waals surface area (Å²) in [4.78, 5) is 19.1. The van der Waals surface area contributed by atoms with Gasteiger partial charge >= 0.3 is 0 Å². The van der Waals surface area contributed by atoms with Crippen molar-refractivity contribution in [2.45, 2.75) is 38.1 Å². The molecule has 4 heteroatoms. The lowest BCUT2D eigenvalue weighted by Crippen LogP contribution is -2.49. The summed E-state index contributed by atoms with van der Waals surface area (Å²) in [6.45, 7) is 13.8. The van der Waals surface area contributed by atoms with Gasteiger partial charge in [0.05, 0.1) is 6.54 Å². The summed E-state index contributed by atoms with van der Waals surface area (Å²) in [5.41, 5.74) is 0. The van der Waals surface area contributed by atoms with Crippen LogP contribution < -0.4 is 0 Å². The molecular weight excluding hydrogens is 274 g/mol. The molecule has 0 N–H and O–H groups in total. The predicted octanol–water partition coefficient (Wildman–Crippen LogP) is 2.14. The standard InChI is InChI=1S/C18H31N3O/c1-3-10-21(11-4-2)18(22)16-19-14-8-17(9-15-19)20-12-6-5-7-13-20/h3-4,17H,1-2,5-16H2. The fourth-order valence-electron chi connectivity index (χ4n) is 3.61. The summed E-state index contributed by atoms with van der Waals surface area (Å²) in [6.07, 6.45) is 10.1. The van der Waals surface area contributed by atoms with E-state index in [1.807, 2.05) is 4.90 Å². The van der Waals surface area contributed by atoms with Crippen molar-refractivity contribution in [3.05, 3.63) is 25.3 Å². The fraction of sp³-hybridized carbons (Fsp3) is 0.722. The van der Waals surface area contributed by atoms with E-state index in [0.29, 0.717) is 19.6 Å². The number of piperidine rings is 2. The molecule has 2 aliphatic rings. The van der Waals surface area contributed by atoms with E-state index in [4.69, 9.17) is 0 Å². The van der Waals surface area contributed by atoms with Crippen LogP contribution >= 0.6 is 0 Å². The maximum atomic E-state index is 12.4. The van der Waals surface area contributed by atoms with Gasteiger partial charge < -0.3 is 9.80 Å². The molecule has 2 saturated heterocycles. The Morgan fingerprint density at radius 3 is 2.14 bits per heavy atom. The minimum Gasteiger partial charge on any atom is -0.334 e. The Morgan fingerprint density at radius 2 is 1.59 bits per heavy atom. The van der Waals surface area contributed by atoms with Gasteiger partial charge in [0, 0.05) is 32.2 Å². The number of nitrogens with zero attached hydrogens (tertiary/aromatic N) is 3. The van der Waals surface area contributed by atoms with Crippen molar-refractivity contribution in [2.75, 3.05) is 45.8 Å². The molecular formula is C18H31N3O. The smallest absolute Gasteiger partial charge is 0.237 e. The lowest BCUT2D eigenvalue weighted by molar-refractivity contribution is -0.131. The van der Waals surface area contributed by atoms with E-state index in [0.717, 1.165) is 19.1 Å². The van der Waals surface area contributed by atoms with Crippen LogP contribution in [0.5, 0.6) is 0 Å². The van der Waals surface area contributed by atoms with Gasteiger partial charge in [-0.3, -0.25) is 9.69 Å². The zero-order chi connectivity index (χ0) is 15.8. The third-order valence-electron chi connectivity index (χ3n) is 4.87. The fourth-order valence-corrected chi connectivity index (χ4v) is 3.61. The first-order valence-corrected chi connectivity index (χ1v) is 8.70. The molecule has 2 aliphatic heterocycles. The van der Waals surface area contributed by atoms with E-state index in [1.54, 1.807) is 12.2 Å². The monoisotopic (exact) mass is 305 g/mol. The molecule has 2 fully saturated rings. The van der Waals surface area contributed by atoms with E-state index < -0.39 is 0 Å². The summed E-state index contributed by atoms with van der Waals surface area (Å²) in [5, 5.41) is 0. The summed E-state index contributed by atoms with van der Waals surface area (Å²) < 4.78 is 0. The molecule has 0 bridgehead atoms. The molecule has 2 heterocycles. The zero-order valence-corrected chi connectivity index (χ0v) is 13.9. The van der Waals surface area contributed by atoms with Crippen molar-refractivity contribution in [3.63, 3.8) is 0 Å². The van der Waals surface area contributed by atoms with Crippen molar-refractivity contribution in [1.82, 2.24) is 14.7 Å². The maximum Gasteiger partial charge on any atom is 0.237 e. The lowest BCUT2D eigenvalue weighted by atomic mass is 10.00. The number of hydrogen-bond donors (Lipinski definition) is 0. The SMILES string of the molecule is C=CCN(CC=C)C(=O)CN1CCC(N2CCCCC2)CC1. The van der Waals surface area contributed by atoms with Gasteiger partial charge in [-0.15, -0.1) is 13.2 Å². The van der Waals surface area contributed by atoms with Crippen LogP contribution in [0.3, 0.4) is 0 Å². The Hall–Kier alpha value is -1.13. The van der Waals surface area contributed by atoms with Gasteiger partial charge in [0.1, 0.15) is 0 Å². The highest BCUT2D eigenvalue weighted by Crippen LogP contribution is 2.20. The van der Waals surface area contributed by atoms with E-state index in [2.05, 4.69) is 23.0 Å². The largest absolute Gasteiger partial charge is 0.334 e. The second kappa shape index (κ2) is 9.11. The highest BCUT2D eigenvalue weighted by molar-refractivity contribution is 5.78. The summed E-state index contributed by atoms with van der Waals surface area (Å²) >= 11 is 0. The van der Waals surface area contributed by atoms with Gasteiger partial charge in [-0.1, -0.05) is 18.6 Å². The van der Waals surface area contributed by atoms with Crippen LogP contribution in [0.25, 0.3) is 0 Å². The van der Waals surface area contributed by atoms with Gasteiger partial charge in [-0.2, -0.15) is 0 Å². The molecule has 22 heavy (non-hydrogen) atoms. The number of carbonyl (C=O) groups is 1. The normalized spacial score (nSPS) is 21.5. The van der Waals surface area contributed by atoms with Gasteiger partial charge in [0.2, 0.25) is 5.91 Å². The van der Waals surface area contributed by atoms with Crippen LogP contribution in [0.2, 0.25) is 0 Å². The Labute approximate surface area is 135 Å². The third-order valence-corrected chi connectivity index (χ3v) is 4.87. The molecule has 0 aromatic carbocycles. The zero-order valence-electron chi connectivity index (χ0n) is 13.9. The molecule has 1 amide bonds. The molecule has 0 aliphatic carbocycles. The topological polar surface area (TPSA) is 26.8 Å². The summed E-state index contributed by atoms with van der Waals surface area (Å²) in [6, 6.07) is 0.740. The minimum atomic E-state index is 0.191. The van der Waals surface area contributed by atoms with Crippen LogP contribution in [0, 0.1) is 0 Å². The van der Waals surface area contributed by atoms with Crippen molar-refractivity contribution in [2.24, 2.45) is 0 Å². The third kappa shape index (κ3) is 4.96. The number of hydrogen-bond acceptors (Lipinski definition) is 3. The maximum absolute atomic E-state index is 12.4. The first kappa shape index (κ1) is 17.2. The Morgan fingerprint density at radius 1 is 1.00 bits per heavy atom. The first-order chi connectivity index (χ1) is 10.7. The van der Waals surface area contributed by atoms with E-state index in [1.165, 1.54) is 45.2 Å². The Balaban J connectivity index is 1.74. The van der Waals surface area contributed by atoms with Crippen molar-refractivity contribution >= 4 is 5.91 Å². The van der Waals surface area contributed by atoms with Crippen LogP contribution in [0.4, 0.5) is 0 Å². The van der Waals surface area contributed by atoms with Crippen molar-refractivity contribution in [3.8, 4) is 0 Å². The number of likely N-dealkylation sites (tertiary alicyclic amines) is 2. The van der Waals surface area contributed by atoms with E-state index >= 15 is 0 Å². The average molecular weight is 305 g/mol. The Bertz CT molecular complexity index is 359. The molecule has 0 aromatic heterocycles. The summed E-state index contributed by atoms with van der Waals surface area (Å²) in [7, 11) is 0. The van der Waals surface area contributed by atoms with Crippen LogP contribution in [-0.2, 0) is 4.79 Å². The second-order valence-corrected chi connectivity index (χ2v) is 6.48. The van der Waals surface area contributed by atoms with E-state index in [-0.39, 0.29) is 5.91 Å². The molecule has 0 spiro atoms. The van der Waals surface area contributed by atoms with Crippen LogP contribution in [0.1, 0.15) is 32.1 Å². The molecule has 0 unspecified atom stereocenters. The van der Waals surface area contributed by atoms with Crippen LogP contribution in [-0.4, -0.2) is 72.5 Å². The van der Waals surface area contributed by atoms with Crippen molar-refractivity contribution < 1.29 is 4.79 Å². The highest BCUT2D eigenvalue weighted by Gasteiger charge is 2.26. The molecule has 0 radical (unpaired) electrons. The lowest BCUT2D eigenvalue weighted by Gasteiger charge is -2.40. The summed E-state index contributed by atoms with van der Waals surface area (Å²) in [5.74, 6) is 0.191. The highest BCUT2D eigenvalue weighted by atomic mass is 16.2. The molecule has 0 atom stereocenters. The van der Waals surface area contributed by atoms with Crippen molar-refractivity contribution in [1.29, 1.82) is 0 Å². The van der Waals surface area contributed by atoms with Gasteiger partial charge in [0.15, 0.2) is 0 Å². The van der Waals surface area contributed by atoms with Crippen LogP contribution in [0.15, 0.2) is 25.3 Å². The molecule has 2 rings (SSSR count). The average Bonchev–Trinajstić information content (AvgIpc) is 2.56. The number of rotatable bonds is 7. The molecule has 0 saturated carbocycles. The number of amides is 1. The Kier molecular flexibility index (Phi) is 7.13. The first-order valence-electron chi connectivity index (χ1n) is 8.70. The minimum absolute atomic E-state index is 0.191.